The molecule has 0 aromatic rings. The van der Waals surface area contributed by atoms with Crippen LogP contribution >= 0.6 is 0 Å². The van der Waals surface area contributed by atoms with Crippen LogP contribution in [0.25, 0.3) is 0 Å². The first kappa shape index (κ1) is 58.3. The van der Waals surface area contributed by atoms with E-state index in [2.05, 4.69) is 118 Å². The lowest BCUT2D eigenvalue weighted by molar-refractivity contribution is -0.167. The Balaban J connectivity index is 4.48. The fraction of sp³-hybridized carbons (Fsp3) is 0.661. The highest BCUT2D eigenvalue weighted by atomic mass is 16.6. The summed E-state index contributed by atoms with van der Waals surface area (Å²) in [6.45, 7) is 6.37. The second kappa shape index (κ2) is 50.0. The predicted molar refractivity (Wildman–Crippen MR) is 265 cm³/mol. The first-order valence-electron chi connectivity index (χ1n) is 25.3. The topological polar surface area (TPSA) is 78.9 Å². The molecule has 0 fully saturated rings. The Morgan fingerprint density at radius 2 is 0.694 bits per heavy atom. The van der Waals surface area contributed by atoms with Crippen molar-refractivity contribution in [2.75, 3.05) is 13.2 Å². The molecule has 1 atom stereocenters. The van der Waals surface area contributed by atoms with Gasteiger partial charge in [-0.15, -0.1) is 0 Å². The molecule has 0 amide bonds. The summed E-state index contributed by atoms with van der Waals surface area (Å²) in [4.78, 5) is 37.8. The molecule has 0 aromatic heterocycles. The molecule has 352 valence electrons. The van der Waals surface area contributed by atoms with E-state index in [-0.39, 0.29) is 37.5 Å². The number of rotatable bonds is 44. The molecule has 0 aliphatic heterocycles. The zero-order valence-electron chi connectivity index (χ0n) is 40.1. The van der Waals surface area contributed by atoms with E-state index in [0.29, 0.717) is 19.3 Å². The molecule has 0 saturated carbocycles. The van der Waals surface area contributed by atoms with Crippen molar-refractivity contribution in [2.45, 2.75) is 226 Å². The SMILES string of the molecule is CC/C=C\C/C=C\CCCCC(=O)OCC(COC(=O)CCCCCCC/C=C\C=C/CCCCCCCCC)OC(=O)CCC/C=C\C/C=C\C/C=C\C/C=C\CCCCC. The van der Waals surface area contributed by atoms with Gasteiger partial charge in [0.1, 0.15) is 13.2 Å². The van der Waals surface area contributed by atoms with E-state index in [4.69, 9.17) is 14.2 Å². The van der Waals surface area contributed by atoms with Crippen LogP contribution in [-0.4, -0.2) is 37.2 Å². The molecule has 6 heteroatoms. The maximum Gasteiger partial charge on any atom is 0.306 e. The van der Waals surface area contributed by atoms with E-state index in [0.717, 1.165) is 96.3 Å². The van der Waals surface area contributed by atoms with Gasteiger partial charge in [0.2, 0.25) is 0 Å². The van der Waals surface area contributed by atoms with Crippen molar-refractivity contribution in [1.82, 2.24) is 0 Å². The van der Waals surface area contributed by atoms with E-state index >= 15 is 0 Å². The molecule has 0 radical (unpaired) electrons. The summed E-state index contributed by atoms with van der Waals surface area (Å²) in [5.74, 6) is -1.03. The number of esters is 3. The second-order valence-electron chi connectivity index (χ2n) is 16.4. The summed E-state index contributed by atoms with van der Waals surface area (Å²) >= 11 is 0. The van der Waals surface area contributed by atoms with Gasteiger partial charge in [0.05, 0.1) is 0 Å². The molecule has 62 heavy (non-hydrogen) atoms. The van der Waals surface area contributed by atoms with Gasteiger partial charge in [0.15, 0.2) is 6.10 Å². The highest BCUT2D eigenvalue weighted by Gasteiger charge is 2.19. The maximum absolute atomic E-state index is 12.7. The van der Waals surface area contributed by atoms with Gasteiger partial charge < -0.3 is 14.2 Å². The van der Waals surface area contributed by atoms with Crippen LogP contribution in [0.3, 0.4) is 0 Å². The van der Waals surface area contributed by atoms with Crippen LogP contribution in [0.5, 0.6) is 0 Å². The van der Waals surface area contributed by atoms with E-state index in [1.54, 1.807) is 0 Å². The fourth-order valence-corrected chi connectivity index (χ4v) is 6.52. The molecule has 0 N–H and O–H groups in total. The first-order chi connectivity index (χ1) is 30.5. The number of hydrogen-bond acceptors (Lipinski definition) is 6. The number of carbonyl (C=O) groups excluding carboxylic acids is 3. The Hall–Kier alpha value is -3.67. The third-order valence-electron chi connectivity index (χ3n) is 10.3. The lowest BCUT2D eigenvalue weighted by atomic mass is 10.1. The van der Waals surface area contributed by atoms with Crippen molar-refractivity contribution in [1.29, 1.82) is 0 Å². The van der Waals surface area contributed by atoms with Gasteiger partial charge in [0.25, 0.3) is 0 Å². The molecule has 0 aromatic carbocycles. The van der Waals surface area contributed by atoms with Crippen LogP contribution in [0.1, 0.15) is 220 Å². The van der Waals surface area contributed by atoms with Gasteiger partial charge in [-0.1, -0.05) is 189 Å². The smallest absolute Gasteiger partial charge is 0.306 e. The minimum atomic E-state index is -0.825. The fourth-order valence-electron chi connectivity index (χ4n) is 6.52. The van der Waals surface area contributed by atoms with Gasteiger partial charge in [-0.25, -0.2) is 0 Å². The molecule has 0 bridgehead atoms. The number of carbonyl (C=O) groups is 3. The summed E-state index contributed by atoms with van der Waals surface area (Å²) < 4.78 is 16.6. The first-order valence-corrected chi connectivity index (χ1v) is 25.3. The molecule has 0 rings (SSSR count). The Morgan fingerprint density at radius 1 is 0.355 bits per heavy atom. The van der Waals surface area contributed by atoms with Gasteiger partial charge >= 0.3 is 17.9 Å². The highest BCUT2D eigenvalue weighted by Crippen LogP contribution is 2.12. The Labute approximate surface area is 381 Å². The molecule has 0 aliphatic carbocycles. The normalized spacial score (nSPS) is 12.9. The summed E-state index contributed by atoms with van der Waals surface area (Å²) in [5, 5.41) is 0. The quantitative estimate of drug-likeness (QED) is 0.0200. The van der Waals surface area contributed by atoms with Gasteiger partial charge in [-0.05, 0) is 109 Å². The van der Waals surface area contributed by atoms with E-state index in [9.17, 15) is 14.4 Å². The molecule has 0 spiro atoms. The summed E-state index contributed by atoms with van der Waals surface area (Å²) in [6, 6.07) is 0. The summed E-state index contributed by atoms with van der Waals surface area (Å²) in [7, 11) is 0. The second-order valence-corrected chi connectivity index (χ2v) is 16.4. The summed E-state index contributed by atoms with van der Waals surface area (Å²) in [5.41, 5.74) is 0. The van der Waals surface area contributed by atoms with Crippen LogP contribution in [-0.2, 0) is 28.6 Å². The van der Waals surface area contributed by atoms with Crippen molar-refractivity contribution in [2.24, 2.45) is 0 Å². The van der Waals surface area contributed by atoms with E-state index in [1.807, 2.05) is 0 Å². The largest absolute Gasteiger partial charge is 0.462 e. The van der Waals surface area contributed by atoms with Crippen molar-refractivity contribution < 1.29 is 28.6 Å². The number of ether oxygens (including phenoxy) is 3. The zero-order valence-corrected chi connectivity index (χ0v) is 40.1. The summed E-state index contributed by atoms with van der Waals surface area (Å²) in [6.07, 6.45) is 65.5. The third kappa shape index (κ3) is 47.4. The molecular formula is C56H92O6. The molecular weight excluding hydrogens is 769 g/mol. The van der Waals surface area contributed by atoms with Crippen molar-refractivity contribution in [3.05, 3.63) is 97.2 Å². The molecule has 1 unspecified atom stereocenters. The lowest BCUT2D eigenvalue weighted by Crippen LogP contribution is -2.30. The Bertz CT molecular complexity index is 1260. The van der Waals surface area contributed by atoms with Gasteiger partial charge in [0, 0.05) is 19.3 Å². The minimum absolute atomic E-state index is 0.119. The lowest BCUT2D eigenvalue weighted by Gasteiger charge is -2.18. The van der Waals surface area contributed by atoms with E-state index < -0.39 is 6.10 Å². The predicted octanol–water partition coefficient (Wildman–Crippen LogP) is 16.6. The number of hydrogen-bond donors (Lipinski definition) is 0. The van der Waals surface area contributed by atoms with Crippen LogP contribution < -0.4 is 0 Å². The minimum Gasteiger partial charge on any atom is -0.462 e. The van der Waals surface area contributed by atoms with Gasteiger partial charge in [-0.3, -0.25) is 14.4 Å². The van der Waals surface area contributed by atoms with Crippen LogP contribution in [0, 0.1) is 0 Å². The standard InChI is InChI=1S/C56H92O6/c1-4-7-10-13-16-19-21-23-25-27-29-30-32-34-37-40-43-46-49-55(58)61-52-53(51-60-54(57)48-45-42-39-36-18-15-12-9-6-3)62-56(59)50-47-44-41-38-35-33-31-28-26-24-22-20-17-14-11-8-5-2/h9,12,17-18,20,24-27,29-31,33,36,38,41,53H,4-8,10-11,13-16,19,21-23,28,32,34-35,37,39-40,42-52H2,1-3H3/b12-9-,20-17-,26-24-,27-25-,30-29-,33-31-,36-18-,41-38-. The highest BCUT2D eigenvalue weighted by molar-refractivity contribution is 5.71. The van der Waals surface area contributed by atoms with E-state index in [1.165, 1.54) is 77.0 Å². The van der Waals surface area contributed by atoms with Crippen LogP contribution in [0.4, 0.5) is 0 Å². The average Bonchev–Trinajstić information content (AvgIpc) is 3.27. The number of unbranched alkanes of at least 4 members (excludes halogenated alkanes) is 18. The zero-order chi connectivity index (χ0) is 45.1. The van der Waals surface area contributed by atoms with Crippen molar-refractivity contribution in [3.63, 3.8) is 0 Å². The van der Waals surface area contributed by atoms with Gasteiger partial charge in [-0.2, -0.15) is 0 Å². The maximum atomic E-state index is 12.7. The Morgan fingerprint density at radius 3 is 1.19 bits per heavy atom. The van der Waals surface area contributed by atoms with Crippen molar-refractivity contribution in [3.8, 4) is 0 Å². The molecule has 0 aliphatic rings. The van der Waals surface area contributed by atoms with Crippen molar-refractivity contribution >= 4 is 17.9 Å². The molecule has 0 saturated heterocycles. The number of allylic oxidation sites excluding steroid dienone is 16. The third-order valence-corrected chi connectivity index (χ3v) is 10.3. The van der Waals surface area contributed by atoms with Crippen LogP contribution in [0.15, 0.2) is 97.2 Å². The van der Waals surface area contributed by atoms with Crippen LogP contribution in [0.2, 0.25) is 0 Å². The Kier molecular flexibility index (Phi) is 47.0. The molecule has 6 nitrogen and oxygen atoms in total. The molecule has 0 heterocycles. The monoisotopic (exact) mass is 861 g/mol. The average molecular weight is 861 g/mol.